The Bertz CT molecular complexity index is 3270. The summed E-state index contributed by atoms with van der Waals surface area (Å²) in [6.45, 7) is 6.58. The van der Waals surface area contributed by atoms with E-state index in [2.05, 4.69) is 220 Å². The molecule has 0 radical (unpaired) electrons. The van der Waals surface area contributed by atoms with E-state index in [9.17, 15) is 0 Å². The summed E-state index contributed by atoms with van der Waals surface area (Å²) in [5.41, 5.74) is 16.7. The Morgan fingerprint density at radius 1 is 0.381 bits per heavy atom. The van der Waals surface area contributed by atoms with Gasteiger partial charge < -0.3 is 0 Å². The van der Waals surface area contributed by atoms with Crippen LogP contribution in [-0.2, 0) is 0 Å². The normalized spacial score (nSPS) is 11.8. The summed E-state index contributed by atoms with van der Waals surface area (Å²) in [6.07, 6.45) is 2.19. The molecule has 63 heavy (non-hydrogen) atoms. The number of benzene rings is 9. The fraction of sp³-hybridized carbons (Fsp3) is 0.0164. The Balaban J connectivity index is 1.18. The Hall–Kier alpha value is -8.20. The lowest BCUT2D eigenvalue weighted by Crippen LogP contribution is -2.00. The molecule has 10 aromatic rings. The molecule has 2 nitrogen and oxygen atoms in total. The van der Waals surface area contributed by atoms with Crippen LogP contribution in [0, 0.1) is 0 Å². The molecule has 0 amide bonds. The van der Waals surface area contributed by atoms with Crippen LogP contribution in [0.15, 0.2) is 248 Å². The molecule has 0 aliphatic carbocycles. The average Bonchev–Trinajstić information content (AvgIpc) is 3.36. The Morgan fingerprint density at radius 3 is 1.41 bits per heavy atom. The van der Waals surface area contributed by atoms with Crippen molar-refractivity contribution in [2.75, 3.05) is 0 Å². The van der Waals surface area contributed by atoms with Gasteiger partial charge in [0.1, 0.15) is 0 Å². The van der Waals surface area contributed by atoms with Gasteiger partial charge in [0, 0.05) is 16.7 Å². The van der Waals surface area contributed by atoms with Gasteiger partial charge in [0.05, 0.1) is 22.8 Å². The van der Waals surface area contributed by atoms with Crippen molar-refractivity contribution in [3.8, 4) is 55.9 Å². The van der Waals surface area contributed by atoms with Gasteiger partial charge in [-0.1, -0.05) is 213 Å². The van der Waals surface area contributed by atoms with Crippen LogP contribution in [0.3, 0.4) is 0 Å². The smallest absolute Gasteiger partial charge is 0.0715 e. The summed E-state index contributed by atoms with van der Waals surface area (Å²) >= 11 is 0. The fourth-order valence-corrected chi connectivity index (χ4v) is 8.65. The van der Waals surface area contributed by atoms with Crippen molar-refractivity contribution in [1.82, 2.24) is 4.98 Å². The number of rotatable bonds is 10. The first-order valence-electron chi connectivity index (χ1n) is 21.4. The predicted octanol–water partition coefficient (Wildman–Crippen LogP) is 16.3. The van der Waals surface area contributed by atoms with Gasteiger partial charge in [0.15, 0.2) is 0 Å². The molecule has 1 heterocycles. The summed E-state index contributed by atoms with van der Waals surface area (Å²) in [6, 6.07) is 81.5. The minimum atomic E-state index is 0.710. The van der Waals surface area contributed by atoms with E-state index in [1.54, 1.807) is 0 Å². The van der Waals surface area contributed by atoms with E-state index in [0.29, 0.717) is 5.70 Å². The number of hydrogen-bond acceptors (Lipinski definition) is 2. The lowest BCUT2D eigenvalue weighted by Gasteiger charge is -2.20. The lowest BCUT2D eigenvalue weighted by molar-refractivity contribution is 1.32. The largest absolute Gasteiger partial charge is 0.248 e. The molecule has 0 unspecified atom stereocenters. The summed E-state index contributed by atoms with van der Waals surface area (Å²) in [4.78, 5) is 10.6. The molecule has 0 fully saturated rings. The van der Waals surface area contributed by atoms with E-state index in [1.807, 2.05) is 30.3 Å². The molecule has 0 saturated heterocycles. The third-order valence-corrected chi connectivity index (χ3v) is 11.8. The molecular weight excluding hydrogens is 761 g/mol. The van der Waals surface area contributed by atoms with Crippen LogP contribution in [0.4, 0.5) is 0 Å². The molecule has 1 aromatic heterocycles. The van der Waals surface area contributed by atoms with E-state index < -0.39 is 0 Å². The second-order valence-electron chi connectivity index (χ2n) is 15.9. The van der Waals surface area contributed by atoms with Gasteiger partial charge in [0.2, 0.25) is 0 Å². The molecule has 9 aromatic carbocycles. The minimum Gasteiger partial charge on any atom is -0.248 e. The molecule has 0 spiro atoms. The summed E-state index contributed by atoms with van der Waals surface area (Å²) in [7, 11) is 0. The van der Waals surface area contributed by atoms with Crippen LogP contribution >= 0.6 is 0 Å². The highest BCUT2D eigenvalue weighted by molar-refractivity contribution is 6.22. The van der Waals surface area contributed by atoms with E-state index in [4.69, 9.17) is 9.98 Å². The van der Waals surface area contributed by atoms with Crippen molar-refractivity contribution >= 4 is 38.5 Å². The number of pyridine rings is 1. The molecule has 10 rings (SSSR count). The monoisotopic (exact) mass is 804 g/mol. The number of fused-ring (bicyclic) bond motifs is 3. The molecule has 0 bridgehead atoms. The third kappa shape index (κ3) is 8.06. The van der Waals surface area contributed by atoms with Crippen molar-refractivity contribution in [1.29, 1.82) is 0 Å². The van der Waals surface area contributed by atoms with Crippen LogP contribution in [0.2, 0.25) is 0 Å². The minimum absolute atomic E-state index is 0.710. The molecule has 0 aliphatic rings. The van der Waals surface area contributed by atoms with Gasteiger partial charge in [-0.05, 0) is 109 Å². The highest BCUT2D eigenvalue weighted by Gasteiger charge is 2.20. The molecule has 0 saturated carbocycles. The SMILES string of the molecule is C=C(/N=C(\C=C(/C)c1ccccc1)c1cccc(-c2c(-c3cccc(-c4cc(-c5ccccc5)cc(-c5ccccc5)n4)c3)c3ccccc3c3ccccc23)c1)c1ccccc1. The van der Waals surface area contributed by atoms with Crippen molar-refractivity contribution in [3.05, 3.63) is 260 Å². The van der Waals surface area contributed by atoms with Gasteiger partial charge in [-0.2, -0.15) is 0 Å². The van der Waals surface area contributed by atoms with Crippen molar-refractivity contribution in [2.45, 2.75) is 6.92 Å². The van der Waals surface area contributed by atoms with Crippen LogP contribution in [0.25, 0.3) is 88.7 Å². The topological polar surface area (TPSA) is 25.2 Å². The summed E-state index contributed by atoms with van der Waals surface area (Å²) in [5.74, 6) is 0. The second-order valence-corrected chi connectivity index (χ2v) is 15.9. The van der Waals surface area contributed by atoms with Gasteiger partial charge >= 0.3 is 0 Å². The Kier molecular flexibility index (Phi) is 10.8. The molecule has 298 valence electrons. The number of nitrogens with zero attached hydrogens (tertiary/aromatic N) is 2. The number of aromatic nitrogens is 1. The molecule has 0 N–H and O–H groups in total. The molecular formula is C61H44N2. The standard InChI is InChI=1S/C61H44N2/c1-42(44-21-7-3-8-22-44)37-57(62-43(2)45-23-9-4-10-24-45)48-29-19-31-50(38-48)60-55-35-17-15-33-53(55)54-34-16-18-36-56(54)61(60)51-32-20-30-49(39-51)59-41-52(46-25-11-5-12-26-46)40-58(63-59)47-27-13-6-14-28-47/h3-41H,2H2,1H3/b42-37+,62-57+. The quantitative estimate of drug-likeness (QED) is 0.0998. The van der Waals surface area contributed by atoms with Crippen molar-refractivity contribution < 1.29 is 0 Å². The van der Waals surface area contributed by atoms with Crippen LogP contribution in [0.1, 0.15) is 23.6 Å². The third-order valence-electron chi connectivity index (χ3n) is 11.8. The zero-order valence-electron chi connectivity index (χ0n) is 35.1. The zero-order valence-corrected chi connectivity index (χ0v) is 35.1. The maximum atomic E-state index is 5.32. The maximum absolute atomic E-state index is 5.32. The van der Waals surface area contributed by atoms with E-state index in [-0.39, 0.29) is 0 Å². The van der Waals surface area contributed by atoms with Crippen molar-refractivity contribution in [3.63, 3.8) is 0 Å². The van der Waals surface area contributed by atoms with E-state index in [1.165, 1.54) is 32.7 Å². The first-order chi connectivity index (χ1) is 31.1. The maximum Gasteiger partial charge on any atom is 0.0715 e. The first kappa shape index (κ1) is 39.0. The molecule has 0 aliphatic heterocycles. The summed E-state index contributed by atoms with van der Waals surface area (Å²) in [5, 5.41) is 4.81. The van der Waals surface area contributed by atoms with Gasteiger partial charge in [0.25, 0.3) is 0 Å². The molecule has 0 atom stereocenters. The van der Waals surface area contributed by atoms with E-state index >= 15 is 0 Å². The van der Waals surface area contributed by atoms with Gasteiger partial charge in [-0.25, -0.2) is 9.98 Å². The molecule has 2 heteroatoms. The highest BCUT2D eigenvalue weighted by Crippen LogP contribution is 2.45. The first-order valence-corrected chi connectivity index (χ1v) is 21.4. The Labute approximate surface area is 369 Å². The van der Waals surface area contributed by atoms with E-state index in [0.717, 1.165) is 72.7 Å². The lowest BCUT2D eigenvalue weighted by atomic mass is 9.84. The van der Waals surface area contributed by atoms with Crippen LogP contribution in [0.5, 0.6) is 0 Å². The predicted molar refractivity (Wildman–Crippen MR) is 269 cm³/mol. The number of hydrogen-bond donors (Lipinski definition) is 0. The summed E-state index contributed by atoms with van der Waals surface area (Å²) < 4.78 is 0. The number of allylic oxidation sites excluding steroid dienone is 2. The fourth-order valence-electron chi connectivity index (χ4n) is 8.65. The van der Waals surface area contributed by atoms with Gasteiger partial charge in [-0.3, -0.25) is 0 Å². The van der Waals surface area contributed by atoms with Gasteiger partial charge in [-0.15, -0.1) is 0 Å². The average molecular weight is 805 g/mol. The second kappa shape index (κ2) is 17.4. The van der Waals surface area contributed by atoms with Crippen LogP contribution in [-0.4, -0.2) is 10.7 Å². The number of aliphatic imine (C=N–C) groups is 1. The van der Waals surface area contributed by atoms with Crippen LogP contribution < -0.4 is 0 Å². The zero-order chi connectivity index (χ0) is 42.5. The van der Waals surface area contributed by atoms with Crippen molar-refractivity contribution in [2.24, 2.45) is 4.99 Å². The Morgan fingerprint density at radius 2 is 0.810 bits per heavy atom. The highest BCUT2D eigenvalue weighted by atomic mass is 14.8.